The summed E-state index contributed by atoms with van der Waals surface area (Å²) in [5.41, 5.74) is 7.05. The number of nitrogens with zero attached hydrogens (tertiary/aromatic N) is 1. The van der Waals surface area contributed by atoms with Gasteiger partial charge in [0, 0.05) is 18.7 Å². The summed E-state index contributed by atoms with van der Waals surface area (Å²) in [6.45, 7) is 2.50. The summed E-state index contributed by atoms with van der Waals surface area (Å²) in [7, 11) is 0. The SMILES string of the molecule is CC(C)CN(CC(F)(F)F)C(=O)CCc1ccc(N)cc1. The number of benzene rings is 1. The fourth-order valence-corrected chi connectivity index (χ4v) is 2.01. The zero-order valence-corrected chi connectivity index (χ0v) is 12.3. The Bertz CT molecular complexity index is 455. The van der Waals surface area contributed by atoms with Gasteiger partial charge in [0.15, 0.2) is 0 Å². The van der Waals surface area contributed by atoms with Crippen LogP contribution in [0.25, 0.3) is 0 Å². The van der Waals surface area contributed by atoms with Gasteiger partial charge in [0.25, 0.3) is 0 Å². The van der Waals surface area contributed by atoms with Gasteiger partial charge in [0.05, 0.1) is 0 Å². The standard InChI is InChI=1S/C15H21F3N2O/c1-11(2)9-20(10-15(16,17)18)14(21)8-5-12-3-6-13(19)7-4-12/h3-4,6-7,11H,5,8-10,19H2,1-2H3. The predicted octanol–water partition coefficient (Wildman–Crippen LogP) is 3.25. The van der Waals surface area contributed by atoms with Gasteiger partial charge in [-0.15, -0.1) is 0 Å². The van der Waals surface area contributed by atoms with Crippen LogP contribution in [-0.4, -0.2) is 30.1 Å². The first kappa shape index (κ1) is 17.3. The molecule has 0 radical (unpaired) electrons. The first-order valence-electron chi connectivity index (χ1n) is 6.86. The molecule has 21 heavy (non-hydrogen) atoms. The molecule has 3 nitrogen and oxygen atoms in total. The number of aryl methyl sites for hydroxylation is 1. The van der Waals surface area contributed by atoms with Crippen molar-refractivity contribution in [3.8, 4) is 0 Å². The molecule has 0 heterocycles. The smallest absolute Gasteiger partial charge is 0.399 e. The van der Waals surface area contributed by atoms with E-state index in [0.29, 0.717) is 12.1 Å². The summed E-state index contributed by atoms with van der Waals surface area (Å²) in [6, 6.07) is 6.97. The van der Waals surface area contributed by atoms with Crippen LogP contribution in [0.1, 0.15) is 25.8 Å². The molecular weight excluding hydrogens is 281 g/mol. The molecule has 0 aliphatic rings. The molecule has 0 fully saturated rings. The van der Waals surface area contributed by atoms with E-state index in [2.05, 4.69) is 0 Å². The number of halogens is 3. The minimum Gasteiger partial charge on any atom is -0.399 e. The lowest BCUT2D eigenvalue weighted by Gasteiger charge is -2.25. The predicted molar refractivity (Wildman–Crippen MR) is 76.6 cm³/mol. The topological polar surface area (TPSA) is 46.3 Å². The van der Waals surface area contributed by atoms with Crippen LogP contribution in [0.2, 0.25) is 0 Å². The maximum absolute atomic E-state index is 12.5. The number of rotatable bonds is 6. The monoisotopic (exact) mass is 302 g/mol. The first-order valence-corrected chi connectivity index (χ1v) is 6.86. The van der Waals surface area contributed by atoms with Gasteiger partial charge in [-0.25, -0.2) is 0 Å². The van der Waals surface area contributed by atoms with Crippen LogP contribution in [0.5, 0.6) is 0 Å². The zero-order valence-electron chi connectivity index (χ0n) is 12.3. The number of hydrogen-bond acceptors (Lipinski definition) is 2. The second-order valence-electron chi connectivity index (χ2n) is 5.52. The van der Waals surface area contributed by atoms with Gasteiger partial charge in [-0.2, -0.15) is 13.2 Å². The van der Waals surface area contributed by atoms with Crippen LogP contribution < -0.4 is 5.73 Å². The average Bonchev–Trinajstić information content (AvgIpc) is 2.34. The average molecular weight is 302 g/mol. The number of amides is 1. The molecule has 0 aliphatic carbocycles. The number of hydrogen-bond donors (Lipinski definition) is 1. The molecule has 1 rings (SSSR count). The molecule has 118 valence electrons. The van der Waals surface area contributed by atoms with E-state index in [1.807, 2.05) is 0 Å². The van der Waals surface area contributed by atoms with Crippen molar-refractivity contribution in [3.05, 3.63) is 29.8 Å². The second kappa shape index (κ2) is 7.33. The number of nitrogen functional groups attached to an aromatic ring is 1. The van der Waals surface area contributed by atoms with E-state index < -0.39 is 18.6 Å². The highest BCUT2D eigenvalue weighted by Crippen LogP contribution is 2.18. The molecular formula is C15H21F3N2O. The van der Waals surface area contributed by atoms with Crippen LogP contribution in [-0.2, 0) is 11.2 Å². The van der Waals surface area contributed by atoms with Crippen LogP contribution in [0.4, 0.5) is 18.9 Å². The minimum absolute atomic E-state index is 0.00664. The molecule has 6 heteroatoms. The first-order chi connectivity index (χ1) is 9.67. The molecule has 0 saturated carbocycles. The Morgan fingerprint density at radius 1 is 1.24 bits per heavy atom. The lowest BCUT2D eigenvalue weighted by molar-refractivity contribution is -0.162. The van der Waals surface area contributed by atoms with Gasteiger partial charge in [-0.1, -0.05) is 26.0 Å². The van der Waals surface area contributed by atoms with Crippen molar-refractivity contribution in [1.82, 2.24) is 4.90 Å². The number of carbonyl (C=O) groups excluding carboxylic acids is 1. The van der Waals surface area contributed by atoms with Crippen molar-refractivity contribution in [1.29, 1.82) is 0 Å². The Morgan fingerprint density at radius 2 is 1.81 bits per heavy atom. The Kier molecular flexibility index (Phi) is 6.05. The van der Waals surface area contributed by atoms with Gasteiger partial charge >= 0.3 is 6.18 Å². The maximum Gasteiger partial charge on any atom is 0.406 e. The molecule has 0 unspecified atom stereocenters. The van der Waals surface area contributed by atoms with E-state index in [9.17, 15) is 18.0 Å². The molecule has 0 spiro atoms. The Labute approximate surface area is 122 Å². The quantitative estimate of drug-likeness (QED) is 0.820. The van der Waals surface area contributed by atoms with E-state index >= 15 is 0 Å². The fourth-order valence-electron chi connectivity index (χ4n) is 2.01. The van der Waals surface area contributed by atoms with E-state index in [1.54, 1.807) is 38.1 Å². The van der Waals surface area contributed by atoms with Crippen molar-refractivity contribution in [2.75, 3.05) is 18.8 Å². The van der Waals surface area contributed by atoms with Gasteiger partial charge in [-0.3, -0.25) is 4.79 Å². The van der Waals surface area contributed by atoms with Gasteiger partial charge < -0.3 is 10.6 Å². The summed E-state index contributed by atoms with van der Waals surface area (Å²) in [6.07, 6.45) is -3.90. The molecule has 1 aromatic rings. The third kappa shape index (κ3) is 7.02. The largest absolute Gasteiger partial charge is 0.406 e. The molecule has 0 atom stereocenters. The Hall–Kier alpha value is -1.72. The Morgan fingerprint density at radius 3 is 2.29 bits per heavy atom. The van der Waals surface area contributed by atoms with E-state index in [4.69, 9.17) is 5.73 Å². The summed E-state index contributed by atoms with van der Waals surface area (Å²) in [4.78, 5) is 12.9. The summed E-state index contributed by atoms with van der Waals surface area (Å²) < 4.78 is 37.5. The van der Waals surface area contributed by atoms with Crippen LogP contribution in [0, 0.1) is 5.92 Å². The van der Waals surface area contributed by atoms with Crippen molar-refractivity contribution in [3.63, 3.8) is 0 Å². The molecule has 0 bridgehead atoms. The number of nitrogens with two attached hydrogens (primary N) is 1. The van der Waals surface area contributed by atoms with Crippen LogP contribution in [0.15, 0.2) is 24.3 Å². The molecule has 0 saturated heterocycles. The highest BCUT2D eigenvalue weighted by Gasteiger charge is 2.32. The molecule has 1 aromatic carbocycles. The van der Waals surface area contributed by atoms with E-state index in [-0.39, 0.29) is 18.9 Å². The molecule has 1 amide bonds. The number of anilines is 1. The molecule has 2 N–H and O–H groups in total. The maximum atomic E-state index is 12.5. The molecule has 0 aromatic heterocycles. The third-order valence-corrected chi connectivity index (χ3v) is 2.92. The Balaban J connectivity index is 2.61. The minimum atomic E-state index is -4.37. The third-order valence-electron chi connectivity index (χ3n) is 2.92. The fraction of sp³-hybridized carbons (Fsp3) is 0.533. The summed E-state index contributed by atoms with van der Waals surface area (Å²) >= 11 is 0. The van der Waals surface area contributed by atoms with Crippen molar-refractivity contribution in [2.24, 2.45) is 5.92 Å². The lowest BCUT2D eigenvalue weighted by atomic mass is 10.1. The van der Waals surface area contributed by atoms with E-state index in [0.717, 1.165) is 10.5 Å². The van der Waals surface area contributed by atoms with Crippen molar-refractivity contribution < 1.29 is 18.0 Å². The lowest BCUT2D eigenvalue weighted by Crippen LogP contribution is -2.41. The van der Waals surface area contributed by atoms with Gasteiger partial charge in [0.2, 0.25) is 5.91 Å². The highest BCUT2D eigenvalue weighted by atomic mass is 19.4. The van der Waals surface area contributed by atoms with Gasteiger partial charge in [0.1, 0.15) is 6.54 Å². The number of carbonyl (C=O) groups is 1. The van der Waals surface area contributed by atoms with Crippen molar-refractivity contribution >= 4 is 11.6 Å². The van der Waals surface area contributed by atoms with Gasteiger partial charge in [-0.05, 0) is 30.0 Å². The van der Waals surface area contributed by atoms with Crippen LogP contribution >= 0.6 is 0 Å². The normalized spacial score (nSPS) is 11.7. The van der Waals surface area contributed by atoms with E-state index in [1.165, 1.54) is 0 Å². The summed E-state index contributed by atoms with van der Waals surface area (Å²) in [5.74, 6) is -0.481. The van der Waals surface area contributed by atoms with Crippen molar-refractivity contribution in [2.45, 2.75) is 32.9 Å². The van der Waals surface area contributed by atoms with Crippen LogP contribution in [0.3, 0.4) is 0 Å². The zero-order chi connectivity index (χ0) is 16.0. The molecule has 0 aliphatic heterocycles. The summed E-state index contributed by atoms with van der Waals surface area (Å²) in [5, 5.41) is 0. The highest BCUT2D eigenvalue weighted by molar-refractivity contribution is 5.76. The number of alkyl halides is 3. The second-order valence-corrected chi connectivity index (χ2v) is 5.52.